The molecule has 0 heterocycles. The van der Waals surface area contributed by atoms with E-state index in [1.165, 1.54) is 103 Å². The van der Waals surface area contributed by atoms with Gasteiger partial charge in [0, 0.05) is 13.1 Å². The van der Waals surface area contributed by atoms with Gasteiger partial charge in [0.1, 0.15) is 6.10 Å². The highest BCUT2D eigenvalue weighted by atomic mass is 16.5. The van der Waals surface area contributed by atoms with E-state index in [-0.39, 0.29) is 6.10 Å². The average molecular weight is 453 g/mol. The van der Waals surface area contributed by atoms with Gasteiger partial charge in [0.2, 0.25) is 0 Å². The van der Waals surface area contributed by atoms with Crippen molar-refractivity contribution in [3.8, 4) is 0 Å². The molecule has 0 saturated heterocycles. The van der Waals surface area contributed by atoms with Crippen molar-refractivity contribution in [2.75, 3.05) is 26.2 Å². The second-order valence-electron chi connectivity index (χ2n) is 10.3. The molecule has 0 aromatic rings. The Morgan fingerprint density at radius 3 is 1.34 bits per heavy atom. The van der Waals surface area contributed by atoms with Crippen LogP contribution >= 0.6 is 0 Å². The Morgan fingerprint density at radius 1 is 0.594 bits per heavy atom. The maximum Gasteiger partial charge on any atom is 0.122 e. The summed E-state index contributed by atoms with van der Waals surface area (Å²) in [6.45, 7) is 17.0. The largest absolute Gasteiger partial charge is 0.496 e. The SMILES string of the molecule is C=COC(CNCC(C)CCCCCCCCC)CNCC(C)CCCCCCCCC. The highest BCUT2D eigenvalue weighted by Gasteiger charge is 2.10. The van der Waals surface area contributed by atoms with Crippen LogP contribution in [0.1, 0.15) is 130 Å². The Labute approximate surface area is 202 Å². The van der Waals surface area contributed by atoms with E-state index in [1.807, 2.05) is 0 Å². The lowest BCUT2D eigenvalue weighted by atomic mass is 10.0. The second-order valence-corrected chi connectivity index (χ2v) is 10.3. The topological polar surface area (TPSA) is 33.3 Å². The fourth-order valence-corrected chi connectivity index (χ4v) is 4.39. The minimum absolute atomic E-state index is 0.170. The Bertz CT molecular complexity index is 344. The smallest absolute Gasteiger partial charge is 0.122 e. The number of hydrogen-bond donors (Lipinski definition) is 2. The lowest BCUT2D eigenvalue weighted by Crippen LogP contribution is -2.39. The average Bonchev–Trinajstić information content (AvgIpc) is 2.78. The van der Waals surface area contributed by atoms with Gasteiger partial charge in [-0.05, 0) is 37.8 Å². The van der Waals surface area contributed by atoms with Gasteiger partial charge in [-0.25, -0.2) is 0 Å². The first-order valence-corrected chi connectivity index (χ1v) is 14.3. The zero-order valence-electron chi connectivity index (χ0n) is 22.6. The van der Waals surface area contributed by atoms with Crippen LogP contribution in [0.2, 0.25) is 0 Å². The molecule has 0 amide bonds. The van der Waals surface area contributed by atoms with Crippen molar-refractivity contribution in [3.05, 3.63) is 12.8 Å². The van der Waals surface area contributed by atoms with Crippen LogP contribution in [0.5, 0.6) is 0 Å². The van der Waals surface area contributed by atoms with Crippen molar-refractivity contribution < 1.29 is 4.74 Å². The quantitative estimate of drug-likeness (QED) is 0.102. The zero-order chi connectivity index (χ0) is 23.7. The van der Waals surface area contributed by atoms with Crippen LogP contribution < -0.4 is 10.6 Å². The summed E-state index contributed by atoms with van der Waals surface area (Å²) in [5.41, 5.74) is 0. The summed E-state index contributed by atoms with van der Waals surface area (Å²) >= 11 is 0. The van der Waals surface area contributed by atoms with E-state index in [0.717, 1.165) is 38.0 Å². The van der Waals surface area contributed by atoms with Crippen molar-refractivity contribution in [1.82, 2.24) is 10.6 Å². The molecule has 3 heteroatoms. The molecule has 0 bridgehead atoms. The van der Waals surface area contributed by atoms with E-state index in [0.29, 0.717) is 0 Å². The molecule has 0 aliphatic rings. The molecule has 32 heavy (non-hydrogen) atoms. The summed E-state index contributed by atoms with van der Waals surface area (Å²) in [6.07, 6.45) is 24.0. The predicted molar refractivity (Wildman–Crippen MR) is 144 cm³/mol. The first kappa shape index (κ1) is 31.5. The third-order valence-corrected chi connectivity index (χ3v) is 6.62. The van der Waals surface area contributed by atoms with Crippen molar-refractivity contribution in [3.63, 3.8) is 0 Å². The van der Waals surface area contributed by atoms with Crippen molar-refractivity contribution in [2.24, 2.45) is 11.8 Å². The summed E-state index contributed by atoms with van der Waals surface area (Å²) in [5, 5.41) is 7.25. The van der Waals surface area contributed by atoms with Gasteiger partial charge in [-0.15, -0.1) is 0 Å². The van der Waals surface area contributed by atoms with Crippen molar-refractivity contribution in [1.29, 1.82) is 0 Å². The maximum atomic E-state index is 5.74. The van der Waals surface area contributed by atoms with Crippen LogP contribution in [0.25, 0.3) is 0 Å². The van der Waals surface area contributed by atoms with Crippen LogP contribution in [-0.4, -0.2) is 32.3 Å². The third kappa shape index (κ3) is 22.6. The molecular formula is C29H60N2O. The molecule has 0 fully saturated rings. The van der Waals surface area contributed by atoms with Crippen molar-refractivity contribution >= 4 is 0 Å². The molecule has 2 unspecified atom stereocenters. The van der Waals surface area contributed by atoms with E-state index in [9.17, 15) is 0 Å². The van der Waals surface area contributed by atoms with Crippen molar-refractivity contribution in [2.45, 2.75) is 137 Å². The summed E-state index contributed by atoms with van der Waals surface area (Å²) in [4.78, 5) is 0. The second kappa shape index (κ2) is 25.1. The van der Waals surface area contributed by atoms with E-state index >= 15 is 0 Å². The molecule has 0 rings (SSSR count). The summed E-state index contributed by atoms with van der Waals surface area (Å²) < 4.78 is 5.74. The van der Waals surface area contributed by atoms with Crippen LogP contribution in [0.4, 0.5) is 0 Å². The Kier molecular flexibility index (Phi) is 24.7. The Morgan fingerprint density at radius 2 is 0.969 bits per heavy atom. The van der Waals surface area contributed by atoms with Gasteiger partial charge >= 0.3 is 0 Å². The van der Waals surface area contributed by atoms with Gasteiger partial charge in [0.05, 0.1) is 6.26 Å². The molecule has 0 aliphatic heterocycles. The first-order chi connectivity index (χ1) is 15.6. The van der Waals surface area contributed by atoms with E-state index < -0.39 is 0 Å². The number of nitrogens with one attached hydrogen (secondary N) is 2. The van der Waals surface area contributed by atoms with Gasteiger partial charge < -0.3 is 15.4 Å². The molecule has 2 atom stereocenters. The number of ether oxygens (including phenoxy) is 1. The summed E-state index contributed by atoms with van der Waals surface area (Å²) in [7, 11) is 0. The molecule has 0 aromatic carbocycles. The van der Waals surface area contributed by atoms with E-state index in [1.54, 1.807) is 6.26 Å². The Balaban J connectivity index is 3.70. The molecule has 2 N–H and O–H groups in total. The summed E-state index contributed by atoms with van der Waals surface area (Å²) in [6, 6.07) is 0. The minimum atomic E-state index is 0.170. The highest BCUT2D eigenvalue weighted by Crippen LogP contribution is 2.13. The fraction of sp³-hybridized carbons (Fsp3) is 0.931. The molecular weight excluding hydrogens is 392 g/mol. The van der Waals surface area contributed by atoms with E-state index in [2.05, 4.69) is 44.9 Å². The molecule has 3 nitrogen and oxygen atoms in total. The first-order valence-electron chi connectivity index (χ1n) is 14.3. The van der Waals surface area contributed by atoms with Gasteiger partial charge in [-0.3, -0.25) is 0 Å². The molecule has 0 spiro atoms. The maximum absolute atomic E-state index is 5.74. The van der Waals surface area contributed by atoms with E-state index in [4.69, 9.17) is 4.74 Å². The minimum Gasteiger partial charge on any atom is -0.496 e. The van der Waals surface area contributed by atoms with Crippen LogP contribution in [0, 0.1) is 11.8 Å². The highest BCUT2D eigenvalue weighted by molar-refractivity contribution is 4.71. The van der Waals surface area contributed by atoms with Gasteiger partial charge in [0.15, 0.2) is 0 Å². The normalized spacial score (nSPS) is 14.2. The lowest BCUT2D eigenvalue weighted by molar-refractivity contribution is 0.138. The number of rotatable bonds is 26. The van der Waals surface area contributed by atoms with Gasteiger partial charge in [-0.2, -0.15) is 0 Å². The number of unbranched alkanes of at least 4 members (excludes halogenated alkanes) is 12. The van der Waals surface area contributed by atoms with Crippen LogP contribution in [-0.2, 0) is 4.74 Å². The molecule has 0 saturated carbocycles. The molecule has 192 valence electrons. The summed E-state index contributed by atoms with van der Waals surface area (Å²) in [5.74, 6) is 1.48. The monoisotopic (exact) mass is 452 g/mol. The third-order valence-electron chi connectivity index (χ3n) is 6.62. The number of hydrogen-bond acceptors (Lipinski definition) is 3. The lowest BCUT2D eigenvalue weighted by Gasteiger charge is -2.21. The van der Waals surface area contributed by atoms with Gasteiger partial charge in [0.25, 0.3) is 0 Å². The van der Waals surface area contributed by atoms with Crippen LogP contribution in [0.3, 0.4) is 0 Å². The zero-order valence-corrected chi connectivity index (χ0v) is 22.6. The fourth-order valence-electron chi connectivity index (χ4n) is 4.39. The molecule has 0 aromatic heterocycles. The van der Waals surface area contributed by atoms with Gasteiger partial charge in [-0.1, -0.05) is 124 Å². The molecule has 0 aliphatic carbocycles. The van der Waals surface area contributed by atoms with Crippen LogP contribution in [0.15, 0.2) is 12.8 Å². The Hall–Kier alpha value is -0.540. The molecule has 0 radical (unpaired) electrons. The standard InChI is InChI=1S/C29H60N2O/c1-6-9-11-13-15-17-19-21-27(4)23-30-25-29(32-8-3)26-31-24-28(5)22-20-18-16-14-12-10-7-2/h8,27-31H,3,6-7,9-26H2,1-2,4-5H3. The predicted octanol–water partition coefficient (Wildman–Crippen LogP) is 8.25.